The van der Waals surface area contributed by atoms with Gasteiger partial charge in [0, 0.05) is 49.2 Å². The van der Waals surface area contributed by atoms with Gasteiger partial charge in [-0.25, -0.2) is 4.98 Å². The third-order valence-electron chi connectivity index (χ3n) is 5.31. The molecular weight excluding hydrogens is 356 g/mol. The predicted molar refractivity (Wildman–Crippen MR) is 112 cm³/mol. The van der Waals surface area contributed by atoms with Crippen LogP contribution in [0.5, 0.6) is 0 Å². The molecule has 2 heterocycles. The first-order valence-corrected chi connectivity index (χ1v) is 10.6. The second-order valence-electron chi connectivity index (χ2n) is 7.70. The van der Waals surface area contributed by atoms with E-state index in [9.17, 15) is 4.79 Å². The van der Waals surface area contributed by atoms with Crippen LogP contribution in [0.4, 0.5) is 0 Å². The molecule has 1 amide bonds. The van der Waals surface area contributed by atoms with Crippen LogP contribution >= 0.6 is 11.3 Å². The quantitative estimate of drug-likeness (QED) is 0.795. The molecule has 0 saturated carbocycles. The minimum atomic E-state index is -0.0350. The van der Waals surface area contributed by atoms with Crippen LogP contribution in [0.2, 0.25) is 0 Å². The lowest BCUT2D eigenvalue weighted by molar-refractivity contribution is -0.121. The summed E-state index contributed by atoms with van der Waals surface area (Å²) in [5.41, 5.74) is 1.90. The van der Waals surface area contributed by atoms with Crippen LogP contribution in [-0.2, 0) is 11.2 Å². The van der Waals surface area contributed by atoms with Gasteiger partial charge >= 0.3 is 0 Å². The standard InChI is InChI=1S/C21H30N4OS/c1-4-24-10-12-25(13-11-24)21(2,3)16-22-19(26)14-18-15-27-20(23-18)17-8-6-5-7-9-17/h5-9,15H,4,10-14,16H2,1-3H3,(H,22,26). The molecule has 3 rings (SSSR count). The molecule has 1 aromatic heterocycles. The maximum absolute atomic E-state index is 12.4. The number of hydrogen-bond donors (Lipinski definition) is 1. The van der Waals surface area contributed by atoms with E-state index in [0.717, 1.165) is 49.0 Å². The summed E-state index contributed by atoms with van der Waals surface area (Å²) in [4.78, 5) is 22.0. The fraction of sp³-hybridized carbons (Fsp3) is 0.524. The first kappa shape index (κ1) is 20.0. The molecule has 1 aromatic carbocycles. The first-order chi connectivity index (χ1) is 13.0. The van der Waals surface area contributed by atoms with E-state index >= 15 is 0 Å². The predicted octanol–water partition coefficient (Wildman–Crippen LogP) is 2.88. The van der Waals surface area contributed by atoms with Crippen molar-refractivity contribution >= 4 is 17.2 Å². The second kappa shape index (κ2) is 8.95. The molecule has 5 nitrogen and oxygen atoms in total. The van der Waals surface area contributed by atoms with Crippen LogP contribution in [0.3, 0.4) is 0 Å². The van der Waals surface area contributed by atoms with E-state index in [4.69, 9.17) is 0 Å². The number of thiazole rings is 1. The van der Waals surface area contributed by atoms with Crippen molar-refractivity contribution in [1.82, 2.24) is 20.1 Å². The number of likely N-dealkylation sites (N-methyl/N-ethyl adjacent to an activating group) is 1. The van der Waals surface area contributed by atoms with Crippen LogP contribution in [0.15, 0.2) is 35.7 Å². The van der Waals surface area contributed by atoms with Crippen molar-refractivity contribution in [2.45, 2.75) is 32.7 Å². The molecular formula is C21H30N4OS. The highest BCUT2D eigenvalue weighted by molar-refractivity contribution is 7.13. The molecule has 6 heteroatoms. The fourth-order valence-electron chi connectivity index (χ4n) is 3.42. The number of carbonyl (C=O) groups is 1. The smallest absolute Gasteiger partial charge is 0.226 e. The summed E-state index contributed by atoms with van der Waals surface area (Å²) in [5, 5.41) is 6.06. The highest BCUT2D eigenvalue weighted by atomic mass is 32.1. The Morgan fingerprint density at radius 1 is 1.19 bits per heavy atom. The number of piperazine rings is 1. The Morgan fingerprint density at radius 3 is 2.56 bits per heavy atom. The van der Waals surface area contributed by atoms with Crippen molar-refractivity contribution in [3.63, 3.8) is 0 Å². The summed E-state index contributed by atoms with van der Waals surface area (Å²) in [5.74, 6) is 0.0418. The number of carbonyl (C=O) groups excluding carboxylic acids is 1. The lowest BCUT2D eigenvalue weighted by Crippen LogP contribution is -2.58. The second-order valence-corrected chi connectivity index (χ2v) is 8.56. The van der Waals surface area contributed by atoms with E-state index in [1.165, 1.54) is 0 Å². The first-order valence-electron chi connectivity index (χ1n) is 9.72. The van der Waals surface area contributed by atoms with Crippen molar-refractivity contribution in [1.29, 1.82) is 0 Å². The van der Waals surface area contributed by atoms with Crippen molar-refractivity contribution in [3.05, 3.63) is 41.4 Å². The van der Waals surface area contributed by atoms with Gasteiger partial charge < -0.3 is 10.2 Å². The molecule has 1 aliphatic heterocycles. The Hall–Kier alpha value is -1.76. The SMILES string of the molecule is CCN1CCN(C(C)(C)CNC(=O)Cc2csc(-c3ccccc3)n2)CC1. The molecule has 2 aromatic rings. The van der Waals surface area contributed by atoms with Gasteiger partial charge in [0.05, 0.1) is 12.1 Å². The summed E-state index contributed by atoms with van der Waals surface area (Å²) in [7, 11) is 0. The van der Waals surface area contributed by atoms with E-state index in [1.54, 1.807) is 11.3 Å². The minimum absolute atomic E-state index is 0.0350. The molecule has 0 aliphatic carbocycles. The van der Waals surface area contributed by atoms with Gasteiger partial charge in [-0.1, -0.05) is 37.3 Å². The average molecular weight is 387 g/mol. The number of rotatable bonds is 7. The minimum Gasteiger partial charge on any atom is -0.354 e. The Bertz CT molecular complexity index is 736. The van der Waals surface area contributed by atoms with Crippen LogP contribution in [0, 0.1) is 0 Å². The molecule has 0 bridgehead atoms. The lowest BCUT2D eigenvalue weighted by Gasteiger charge is -2.44. The van der Waals surface area contributed by atoms with E-state index in [2.05, 4.69) is 40.9 Å². The van der Waals surface area contributed by atoms with Gasteiger partial charge in [-0.2, -0.15) is 0 Å². The zero-order chi connectivity index (χ0) is 19.3. The molecule has 1 saturated heterocycles. The number of nitrogens with one attached hydrogen (secondary N) is 1. The van der Waals surface area contributed by atoms with E-state index in [-0.39, 0.29) is 11.4 Å². The van der Waals surface area contributed by atoms with Crippen molar-refractivity contribution in [3.8, 4) is 10.6 Å². The third-order valence-corrected chi connectivity index (χ3v) is 6.25. The van der Waals surface area contributed by atoms with Gasteiger partial charge in [-0.05, 0) is 20.4 Å². The Morgan fingerprint density at radius 2 is 1.89 bits per heavy atom. The van der Waals surface area contributed by atoms with Gasteiger partial charge in [0.1, 0.15) is 5.01 Å². The van der Waals surface area contributed by atoms with Crippen LogP contribution < -0.4 is 5.32 Å². The van der Waals surface area contributed by atoms with Crippen LogP contribution in [-0.4, -0.2) is 65.5 Å². The largest absolute Gasteiger partial charge is 0.354 e. The van der Waals surface area contributed by atoms with E-state index in [1.807, 2.05) is 35.7 Å². The summed E-state index contributed by atoms with van der Waals surface area (Å²) in [6, 6.07) is 10.1. The highest BCUT2D eigenvalue weighted by Crippen LogP contribution is 2.23. The molecule has 0 radical (unpaired) electrons. The van der Waals surface area contributed by atoms with Crippen molar-refractivity contribution in [2.75, 3.05) is 39.3 Å². The van der Waals surface area contributed by atoms with Gasteiger partial charge in [-0.15, -0.1) is 11.3 Å². The third kappa shape index (κ3) is 5.37. The normalized spacial score (nSPS) is 16.4. The van der Waals surface area contributed by atoms with Gasteiger partial charge in [0.2, 0.25) is 5.91 Å². The summed E-state index contributed by atoms with van der Waals surface area (Å²) >= 11 is 1.59. The number of hydrogen-bond acceptors (Lipinski definition) is 5. The van der Waals surface area contributed by atoms with Gasteiger partial charge in [-0.3, -0.25) is 9.69 Å². The molecule has 0 atom stereocenters. The number of nitrogens with zero attached hydrogens (tertiary/aromatic N) is 3. The zero-order valence-corrected chi connectivity index (χ0v) is 17.4. The number of aromatic nitrogens is 1. The Kier molecular flexibility index (Phi) is 6.63. The van der Waals surface area contributed by atoms with E-state index in [0.29, 0.717) is 13.0 Å². The van der Waals surface area contributed by atoms with E-state index < -0.39 is 0 Å². The molecule has 1 fully saturated rings. The maximum atomic E-state index is 12.4. The topological polar surface area (TPSA) is 48.5 Å². The fourth-order valence-corrected chi connectivity index (χ4v) is 4.25. The molecule has 27 heavy (non-hydrogen) atoms. The molecule has 1 N–H and O–H groups in total. The maximum Gasteiger partial charge on any atom is 0.226 e. The highest BCUT2D eigenvalue weighted by Gasteiger charge is 2.29. The summed E-state index contributed by atoms with van der Waals surface area (Å²) in [6.07, 6.45) is 0.336. The summed E-state index contributed by atoms with van der Waals surface area (Å²) < 4.78 is 0. The molecule has 0 unspecified atom stereocenters. The van der Waals surface area contributed by atoms with Crippen molar-refractivity contribution < 1.29 is 4.79 Å². The number of benzene rings is 1. The lowest BCUT2D eigenvalue weighted by atomic mass is 10.0. The Labute approximate surface area is 166 Å². The van der Waals surface area contributed by atoms with Crippen LogP contribution in [0.1, 0.15) is 26.5 Å². The van der Waals surface area contributed by atoms with Gasteiger partial charge in [0.15, 0.2) is 0 Å². The average Bonchev–Trinajstić information content (AvgIpc) is 3.16. The Balaban J connectivity index is 1.49. The summed E-state index contributed by atoms with van der Waals surface area (Å²) in [6.45, 7) is 12.7. The molecule has 1 aliphatic rings. The number of amides is 1. The molecule has 146 valence electrons. The van der Waals surface area contributed by atoms with Crippen LogP contribution in [0.25, 0.3) is 10.6 Å². The van der Waals surface area contributed by atoms with Gasteiger partial charge in [0.25, 0.3) is 0 Å². The molecule has 0 spiro atoms. The van der Waals surface area contributed by atoms with Crippen molar-refractivity contribution in [2.24, 2.45) is 0 Å². The monoisotopic (exact) mass is 386 g/mol. The zero-order valence-electron chi connectivity index (χ0n) is 16.6.